The predicted molar refractivity (Wildman–Crippen MR) is 184 cm³/mol. The minimum atomic E-state index is -0.281. The average Bonchev–Trinajstić information content (AvgIpc) is 3.67. The van der Waals surface area contributed by atoms with Crippen molar-refractivity contribution < 1.29 is 19.4 Å². The summed E-state index contributed by atoms with van der Waals surface area (Å²) in [6.45, 7) is 3.36. The Labute approximate surface area is 285 Å². The van der Waals surface area contributed by atoms with Gasteiger partial charge in [-0.1, -0.05) is 83.9 Å². The molecule has 4 aromatic rings. The van der Waals surface area contributed by atoms with Gasteiger partial charge in [0.1, 0.15) is 11.1 Å². The zero-order chi connectivity index (χ0) is 32.5. The molecule has 47 heavy (non-hydrogen) atoms. The highest BCUT2D eigenvalue weighted by Gasteiger charge is 2.30. The Kier molecular flexibility index (Phi) is 9.39. The smallest absolute Gasteiger partial charge is 0.236 e. The molecule has 244 valence electrons. The van der Waals surface area contributed by atoms with E-state index in [1.54, 1.807) is 7.11 Å². The number of amides is 1. The molecule has 0 radical (unpaired) electrons. The molecule has 0 bridgehead atoms. The zero-order valence-electron chi connectivity index (χ0n) is 26.3. The summed E-state index contributed by atoms with van der Waals surface area (Å²) < 4.78 is 12.0. The van der Waals surface area contributed by atoms with E-state index in [0.29, 0.717) is 47.9 Å². The van der Waals surface area contributed by atoms with Crippen molar-refractivity contribution in [1.82, 2.24) is 20.5 Å². The topological polar surface area (TPSA) is 96.0 Å². The van der Waals surface area contributed by atoms with E-state index in [4.69, 9.17) is 32.7 Å². The van der Waals surface area contributed by atoms with Crippen molar-refractivity contribution in [2.75, 3.05) is 26.7 Å². The number of hydrogen-bond acceptors (Lipinski definition) is 7. The van der Waals surface area contributed by atoms with Crippen LogP contribution in [-0.4, -0.2) is 59.8 Å². The normalized spacial score (nSPS) is 19.4. The van der Waals surface area contributed by atoms with Gasteiger partial charge in [0.05, 0.1) is 18.2 Å². The highest BCUT2D eigenvalue weighted by atomic mass is 35.5. The lowest BCUT2D eigenvalue weighted by molar-refractivity contribution is -0.119. The van der Waals surface area contributed by atoms with Crippen LogP contribution in [0.5, 0.6) is 11.8 Å². The van der Waals surface area contributed by atoms with E-state index in [2.05, 4.69) is 81.2 Å². The maximum Gasteiger partial charge on any atom is 0.236 e. The third-order valence-electron chi connectivity index (χ3n) is 9.34. The molecule has 1 aromatic heterocycles. The van der Waals surface area contributed by atoms with Crippen LogP contribution in [0.2, 0.25) is 10.0 Å². The highest BCUT2D eigenvalue weighted by Crippen LogP contribution is 2.44. The molecule has 8 nitrogen and oxygen atoms in total. The molecule has 3 aromatic carbocycles. The van der Waals surface area contributed by atoms with E-state index in [1.807, 2.05) is 6.07 Å². The minimum Gasteiger partial charge on any atom is -0.481 e. The SMILES string of the molecule is COc1nc(O[C@H]2CCc3c(-c4cccc(-c5ccc(CNC[C@@H]6CCC(=O)N6)cc5)c4Cl)cccc32)c(Cl)cc1CN1CC(O)C1. The number of ether oxygens (including phenoxy) is 2. The summed E-state index contributed by atoms with van der Waals surface area (Å²) in [5, 5.41) is 17.3. The fourth-order valence-corrected chi connectivity index (χ4v) is 7.45. The van der Waals surface area contributed by atoms with Crippen LogP contribution in [-0.2, 0) is 24.3 Å². The molecule has 2 aliphatic heterocycles. The van der Waals surface area contributed by atoms with Crippen molar-refractivity contribution in [2.45, 2.75) is 57.0 Å². The Balaban J connectivity index is 1.07. The van der Waals surface area contributed by atoms with Gasteiger partial charge in [-0.15, -0.1) is 0 Å². The quantitative estimate of drug-likeness (QED) is 0.171. The summed E-state index contributed by atoms with van der Waals surface area (Å²) in [7, 11) is 1.59. The molecule has 0 unspecified atom stereocenters. The summed E-state index contributed by atoms with van der Waals surface area (Å²) in [5.41, 5.74) is 8.49. The van der Waals surface area contributed by atoms with Gasteiger partial charge < -0.3 is 25.2 Å². The van der Waals surface area contributed by atoms with Crippen molar-refractivity contribution >= 4 is 29.1 Å². The number of benzene rings is 3. The Hall–Kier alpha value is -3.66. The molecule has 1 aliphatic carbocycles. The number of likely N-dealkylation sites (tertiary alicyclic amines) is 1. The molecule has 2 fully saturated rings. The number of hydrogen-bond donors (Lipinski definition) is 3. The Morgan fingerprint density at radius 2 is 1.74 bits per heavy atom. The van der Waals surface area contributed by atoms with Gasteiger partial charge in [-0.05, 0) is 53.1 Å². The molecule has 3 aliphatic rings. The van der Waals surface area contributed by atoms with Gasteiger partial charge in [0.2, 0.25) is 17.7 Å². The average molecular weight is 674 g/mol. The highest BCUT2D eigenvalue weighted by molar-refractivity contribution is 6.36. The van der Waals surface area contributed by atoms with Gasteiger partial charge >= 0.3 is 0 Å². The van der Waals surface area contributed by atoms with Gasteiger partial charge in [0.25, 0.3) is 0 Å². The first-order valence-corrected chi connectivity index (χ1v) is 16.9. The summed E-state index contributed by atoms with van der Waals surface area (Å²) in [6, 6.07) is 23.0. The van der Waals surface area contributed by atoms with Crippen LogP contribution >= 0.6 is 23.2 Å². The number of carbonyl (C=O) groups excluding carboxylic acids is 1. The van der Waals surface area contributed by atoms with Crippen LogP contribution in [0.3, 0.4) is 0 Å². The molecule has 2 atom stereocenters. The molecule has 3 N–H and O–H groups in total. The van der Waals surface area contributed by atoms with E-state index in [0.717, 1.165) is 65.7 Å². The number of halogens is 2. The van der Waals surface area contributed by atoms with Crippen LogP contribution in [0.15, 0.2) is 66.7 Å². The van der Waals surface area contributed by atoms with Crippen molar-refractivity contribution in [1.29, 1.82) is 0 Å². The van der Waals surface area contributed by atoms with Crippen molar-refractivity contribution in [3.05, 3.63) is 99.0 Å². The number of nitrogens with zero attached hydrogens (tertiary/aromatic N) is 2. The Morgan fingerprint density at radius 1 is 0.979 bits per heavy atom. The predicted octanol–water partition coefficient (Wildman–Crippen LogP) is 6.34. The van der Waals surface area contributed by atoms with Crippen LogP contribution < -0.4 is 20.1 Å². The molecule has 10 heteroatoms. The second-order valence-electron chi connectivity index (χ2n) is 12.6. The first-order valence-electron chi connectivity index (χ1n) is 16.2. The van der Waals surface area contributed by atoms with Gasteiger partial charge in [0, 0.05) is 61.9 Å². The Bertz CT molecular complexity index is 1780. The molecule has 2 saturated heterocycles. The fourth-order valence-electron chi connectivity index (χ4n) is 6.89. The fraction of sp³-hybridized carbons (Fsp3) is 0.351. The minimum absolute atomic E-state index is 0.138. The lowest BCUT2D eigenvalue weighted by Crippen LogP contribution is -2.49. The maximum absolute atomic E-state index is 11.4. The van der Waals surface area contributed by atoms with Crippen LogP contribution in [0.4, 0.5) is 0 Å². The number of β-amino-alcohol motifs (C(OH)–C–C–N with tert-alkyl or cyclic N) is 1. The van der Waals surface area contributed by atoms with Gasteiger partial charge in [-0.25, -0.2) is 0 Å². The number of aliphatic hydroxyl groups is 1. The summed E-state index contributed by atoms with van der Waals surface area (Å²) in [6.07, 6.45) is 2.65. The number of nitrogens with one attached hydrogen (secondary N) is 2. The number of carbonyl (C=O) groups is 1. The molecule has 0 saturated carbocycles. The van der Waals surface area contributed by atoms with E-state index in [9.17, 15) is 9.90 Å². The monoisotopic (exact) mass is 672 g/mol. The van der Waals surface area contributed by atoms with Gasteiger partial charge in [-0.2, -0.15) is 4.98 Å². The first-order chi connectivity index (χ1) is 22.9. The summed E-state index contributed by atoms with van der Waals surface area (Å²) in [4.78, 5) is 18.2. The number of fused-ring (bicyclic) bond motifs is 1. The number of rotatable bonds is 11. The lowest BCUT2D eigenvalue weighted by atomic mass is 9.93. The number of aromatic nitrogens is 1. The van der Waals surface area contributed by atoms with Crippen LogP contribution in [0.1, 0.15) is 47.6 Å². The Morgan fingerprint density at radius 3 is 2.49 bits per heavy atom. The van der Waals surface area contributed by atoms with Crippen molar-refractivity contribution in [3.8, 4) is 34.0 Å². The third kappa shape index (κ3) is 6.84. The second kappa shape index (κ2) is 13.8. The second-order valence-corrected chi connectivity index (χ2v) is 13.4. The maximum atomic E-state index is 11.4. The summed E-state index contributed by atoms with van der Waals surface area (Å²) in [5.74, 6) is 0.965. The molecule has 3 heterocycles. The number of methoxy groups -OCH3 is 1. The molecular weight excluding hydrogens is 635 g/mol. The standard InChI is InChI=1S/C37H38Cl2N4O4/c1-46-36-24(19-43-20-26(44)21-43)16-32(38)37(42-36)47-33-14-13-29-28(5-3-6-30(29)33)31-7-2-4-27(35(31)39)23-10-8-22(9-11-23)17-40-18-25-12-15-34(45)41-25/h2-11,16,25-26,33,40,44H,12-15,17-21H2,1H3,(H,41,45)/t25-,33-/m0/s1. The van der Waals surface area contributed by atoms with Gasteiger partial charge in [-0.3, -0.25) is 9.69 Å². The van der Waals surface area contributed by atoms with Crippen molar-refractivity contribution in [3.63, 3.8) is 0 Å². The molecule has 7 rings (SSSR count). The molecule has 0 spiro atoms. The van der Waals surface area contributed by atoms with Crippen molar-refractivity contribution in [2.24, 2.45) is 0 Å². The van der Waals surface area contributed by atoms with E-state index in [-0.39, 0.29) is 24.2 Å². The van der Waals surface area contributed by atoms with Gasteiger partial charge in [0.15, 0.2) is 0 Å². The third-order valence-corrected chi connectivity index (χ3v) is 10.0. The summed E-state index contributed by atoms with van der Waals surface area (Å²) >= 11 is 13.8. The first kappa shape index (κ1) is 31.9. The number of aliphatic hydroxyl groups excluding tert-OH is 1. The molecular formula is C37H38Cl2N4O4. The van der Waals surface area contributed by atoms with E-state index < -0.39 is 0 Å². The van der Waals surface area contributed by atoms with E-state index >= 15 is 0 Å². The van der Waals surface area contributed by atoms with Crippen LogP contribution in [0, 0.1) is 0 Å². The molecule has 1 amide bonds. The lowest BCUT2D eigenvalue weighted by Gasteiger charge is -2.35. The largest absolute Gasteiger partial charge is 0.481 e. The zero-order valence-corrected chi connectivity index (χ0v) is 27.8. The van der Waals surface area contributed by atoms with Crippen LogP contribution in [0.25, 0.3) is 22.3 Å². The van der Waals surface area contributed by atoms with E-state index in [1.165, 1.54) is 11.1 Å². The number of pyridine rings is 1.